The van der Waals surface area contributed by atoms with Crippen LogP contribution in [-0.4, -0.2) is 14.9 Å². The first-order valence-corrected chi connectivity index (χ1v) is 6.87. The number of aromatic nitrogens is 2. The van der Waals surface area contributed by atoms with E-state index in [9.17, 15) is 0 Å². The van der Waals surface area contributed by atoms with Gasteiger partial charge in [-0.15, -0.1) is 0 Å². The Hall–Kier alpha value is -1.42. The Morgan fingerprint density at radius 2 is 1.94 bits per heavy atom. The van der Waals surface area contributed by atoms with E-state index in [1.165, 1.54) is 22.7 Å². The summed E-state index contributed by atoms with van der Waals surface area (Å²) in [4.78, 5) is 4.53. The molecule has 96 valence electrons. The van der Waals surface area contributed by atoms with Gasteiger partial charge >= 0.3 is 0 Å². The number of anilines is 1. The van der Waals surface area contributed by atoms with Gasteiger partial charge < -0.3 is 5.32 Å². The van der Waals surface area contributed by atoms with E-state index >= 15 is 0 Å². The van der Waals surface area contributed by atoms with Crippen molar-refractivity contribution in [3.63, 3.8) is 0 Å². The maximum Gasteiger partial charge on any atom is 0.202 e. The summed E-state index contributed by atoms with van der Waals surface area (Å²) in [5, 5.41) is 4.24. The minimum absolute atomic E-state index is 0.0272. The monoisotopic (exact) mass is 261 g/mol. The van der Waals surface area contributed by atoms with Crippen LogP contribution in [0, 0.1) is 6.92 Å². The van der Waals surface area contributed by atoms with E-state index in [1.807, 2.05) is 0 Å². The molecule has 3 nitrogen and oxygen atoms in total. The van der Waals surface area contributed by atoms with Crippen LogP contribution in [0.1, 0.15) is 37.7 Å². The van der Waals surface area contributed by atoms with Crippen molar-refractivity contribution in [2.45, 2.75) is 39.7 Å². The van der Waals surface area contributed by atoms with E-state index in [1.54, 1.807) is 0 Å². The molecule has 0 aliphatic carbocycles. The molecule has 1 N–H and O–H groups in total. The zero-order valence-electron chi connectivity index (χ0n) is 11.3. The SMILES string of the molecule is Cc1ccccc1Cc1nsc(NC(C)(C)C)n1. The van der Waals surface area contributed by atoms with Crippen molar-refractivity contribution in [3.05, 3.63) is 41.2 Å². The van der Waals surface area contributed by atoms with Crippen LogP contribution in [0.3, 0.4) is 0 Å². The van der Waals surface area contributed by atoms with Crippen LogP contribution in [0.15, 0.2) is 24.3 Å². The van der Waals surface area contributed by atoms with Gasteiger partial charge in [-0.25, -0.2) is 4.98 Å². The topological polar surface area (TPSA) is 37.8 Å². The van der Waals surface area contributed by atoms with E-state index < -0.39 is 0 Å². The molecule has 0 spiro atoms. The predicted octanol–water partition coefficient (Wildman–Crippen LogP) is 3.65. The largest absolute Gasteiger partial charge is 0.356 e. The molecule has 2 aromatic rings. The molecule has 0 aliphatic rings. The molecule has 0 saturated heterocycles. The summed E-state index contributed by atoms with van der Waals surface area (Å²) in [6.07, 6.45) is 0.801. The van der Waals surface area contributed by atoms with Crippen LogP contribution in [0.4, 0.5) is 5.13 Å². The zero-order chi connectivity index (χ0) is 13.2. The summed E-state index contributed by atoms with van der Waals surface area (Å²) >= 11 is 1.43. The summed E-state index contributed by atoms with van der Waals surface area (Å²) in [7, 11) is 0. The lowest BCUT2D eigenvalue weighted by Crippen LogP contribution is -2.25. The lowest BCUT2D eigenvalue weighted by molar-refractivity contribution is 0.633. The molecule has 1 aromatic carbocycles. The van der Waals surface area contributed by atoms with Crippen molar-refractivity contribution in [1.82, 2.24) is 9.36 Å². The first-order valence-electron chi connectivity index (χ1n) is 6.09. The van der Waals surface area contributed by atoms with Crippen molar-refractivity contribution in [2.24, 2.45) is 0 Å². The fourth-order valence-corrected chi connectivity index (χ4v) is 2.47. The van der Waals surface area contributed by atoms with Gasteiger partial charge in [0.1, 0.15) is 5.82 Å². The highest BCUT2D eigenvalue weighted by atomic mass is 32.1. The van der Waals surface area contributed by atoms with Gasteiger partial charge in [0, 0.05) is 23.5 Å². The molecule has 1 aromatic heterocycles. The molecule has 0 aliphatic heterocycles. The average Bonchev–Trinajstić information content (AvgIpc) is 2.66. The molecule has 0 fully saturated rings. The maximum atomic E-state index is 4.53. The first-order chi connectivity index (χ1) is 8.44. The Balaban J connectivity index is 2.10. The minimum atomic E-state index is 0.0272. The fourth-order valence-electron chi connectivity index (χ4n) is 1.68. The third-order valence-electron chi connectivity index (χ3n) is 2.56. The second-order valence-corrected chi connectivity index (χ2v) is 6.25. The van der Waals surface area contributed by atoms with Gasteiger partial charge in [0.2, 0.25) is 5.13 Å². The number of hydrogen-bond acceptors (Lipinski definition) is 4. The van der Waals surface area contributed by atoms with Gasteiger partial charge in [-0.2, -0.15) is 4.37 Å². The van der Waals surface area contributed by atoms with Crippen molar-refractivity contribution >= 4 is 16.7 Å². The van der Waals surface area contributed by atoms with Gasteiger partial charge in [-0.05, 0) is 38.8 Å². The van der Waals surface area contributed by atoms with E-state index in [4.69, 9.17) is 0 Å². The number of rotatable bonds is 3. The van der Waals surface area contributed by atoms with Crippen LogP contribution >= 0.6 is 11.5 Å². The van der Waals surface area contributed by atoms with E-state index in [0.717, 1.165) is 17.4 Å². The quantitative estimate of drug-likeness (QED) is 0.916. The van der Waals surface area contributed by atoms with E-state index in [0.29, 0.717) is 0 Å². The Morgan fingerprint density at radius 1 is 1.22 bits per heavy atom. The molecule has 1 heterocycles. The number of hydrogen-bond donors (Lipinski definition) is 1. The minimum Gasteiger partial charge on any atom is -0.356 e. The Kier molecular flexibility index (Phi) is 3.66. The van der Waals surface area contributed by atoms with Crippen molar-refractivity contribution in [2.75, 3.05) is 5.32 Å². The van der Waals surface area contributed by atoms with Gasteiger partial charge in [0.05, 0.1) is 0 Å². The maximum absolute atomic E-state index is 4.53. The number of aryl methyl sites for hydroxylation is 1. The highest BCUT2D eigenvalue weighted by Crippen LogP contribution is 2.19. The first kappa shape index (κ1) is 13.0. The molecule has 0 saturated carbocycles. The van der Waals surface area contributed by atoms with Crippen LogP contribution in [0.25, 0.3) is 0 Å². The summed E-state index contributed by atoms with van der Waals surface area (Å²) in [5.74, 6) is 0.890. The lowest BCUT2D eigenvalue weighted by atomic mass is 10.1. The third kappa shape index (κ3) is 3.53. The van der Waals surface area contributed by atoms with Crippen LogP contribution in [0.5, 0.6) is 0 Å². The predicted molar refractivity (Wildman–Crippen MR) is 77.3 cm³/mol. The van der Waals surface area contributed by atoms with Gasteiger partial charge in [-0.1, -0.05) is 24.3 Å². The number of benzene rings is 1. The lowest BCUT2D eigenvalue weighted by Gasteiger charge is -2.18. The van der Waals surface area contributed by atoms with Gasteiger partial charge in [-0.3, -0.25) is 0 Å². The molecular formula is C14H19N3S. The zero-order valence-corrected chi connectivity index (χ0v) is 12.1. The molecule has 2 rings (SSSR count). The summed E-state index contributed by atoms with van der Waals surface area (Å²) in [6, 6.07) is 8.37. The van der Waals surface area contributed by atoms with Crippen molar-refractivity contribution in [3.8, 4) is 0 Å². The van der Waals surface area contributed by atoms with Crippen molar-refractivity contribution in [1.29, 1.82) is 0 Å². The molecule has 18 heavy (non-hydrogen) atoms. The van der Waals surface area contributed by atoms with Crippen LogP contribution < -0.4 is 5.32 Å². The number of nitrogens with one attached hydrogen (secondary N) is 1. The Morgan fingerprint density at radius 3 is 2.61 bits per heavy atom. The molecule has 0 bridgehead atoms. The molecular weight excluding hydrogens is 242 g/mol. The second kappa shape index (κ2) is 5.06. The number of nitrogens with zero attached hydrogens (tertiary/aromatic N) is 2. The Bertz CT molecular complexity index is 526. The van der Waals surface area contributed by atoms with E-state index in [-0.39, 0.29) is 5.54 Å². The highest BCUT2D eigenvalue weighted by Gasteiger charge is 2.13. The Labute approximate surface area is 112 Å². The average molecular weight is 261 g/mol. The fraction of sp³-hybridized carbons (Fsp3) is 0.429. The standard InChI is InChI=1S/C14H19N3S/c1-10-7-5-6-8-11(10)9-12-15-13(18-17-12)16-14(2,3)4/h5-8H,9H2,1-4H3,(H,15,16,17). The van der Waals surface area contributed by atoms with Crippen molar-refractivity contribution < 1.29 is 0 Å². The highest BCUT2D eigenvalue weighted by molar-refractivity contribution is 7.09. The smallest absolute Gasteiger partial charge is 0.202 e. The molecule has 0 atom stereocenters. The molecule has 0 amide bonds. The molecule has 0 radical (unpaired) electrons. The third-order valence-corrected chi connectivity index (χ3v) is 3.23. The molecule has 0 unspecified atom stereocenters. The van der Waals surface area contributed by atoms with Gasteiger partial charge in [0.25, 0.3) is 0 Å². The second-order valence-electron chi connectivity index (χ2n) is 5.49. The summed E-state index contributed by atoms with van der Waals surface area (Å²) in [5.41, 5.74) is 2.61. The van der Waals surface area contributed by atoms with Crippen LogP contribution in [0.2, 0.25) is 0 Å². The van der Waals surface area contributed by atoms with Gasteiger partial charge in [0.15, 0.2) is 0 Å². The summed E-state index contributed by atoms with van der Waals surface area (Å²) in [6.45, 7) is 8.48. The normalized spacial score (nSPS) is 11.6. The van der Waals surface area contributed by atoms with Crippen LogP contribution in [-0.2, 0) is 6.42 Å². The summed E-state index contributed by atoms with van der Waals surface area (Å²) < 4.78 is 4.40. The van der Waals surface area contributed by atoms with E-state index in [2.05, 4.69) is 66.6 Å². The molecule has 4 heteroatoms.